The molecule has 0 unspecified atom stereocenters. The fourth-order valence-electron chi connectivity index (χ4n) is 2.61. The highest BCUT2D eigenvalue weighted by Crippen LogP contribution is 2.16. The molecule has 0 aliphatic rings. The van der Waals surface area contributed by atoms with Gasteiger partial charge in [-0.1, -0.05) is 23.7 Å². The van der Waals surface area contributed by atoms with Crippen LogP contribution < -0.4 is 16.7 Å². The topological polar surface area (TPSA) is 106 Å². The van der Waals surface area contributed by atoms with Crippen LogP contribution in [-0.2, 0) is 18.3 Å². The van der Waals surface area contributed by atoms with Gasteiger partial charge in [0.05, 0.1) is 12.3 Å². The maximum atomic E-state index is 12.3. The van der Waals surface area contributed by atoms with Crippen LogP contribution in [0.2, 0.25) is 5.02 Å². The molecule has 0 saturated heterocycles. The van der Waals surface area contributed by atoms with Crippen LogP contribution in [0.3, 0.4) is 0 Å². The van der Waals surface area contributed by atoms with Gasteiger partial charge in [-0.15, -0.1) is 0 Å². The lowest BCUT2D eigenvalue weighted by atomic mass is 10.1. The number of benzene rings is 1. The third-order valence-corrected chi connectivity index (χ3v) is 4.36. The Morgan fingerprint density at radius 3 is 2.70 bits per heavy atom. The van der Waals surface area contributed by atoms with Crippen molar-refractivity contribution in [3.05, 3.63) is 55.7 Å². The zero-order valence-electron chi connectivity index (χ0n) is 15.1. The Morgan fingerprint density at radius 2 is 2.04 bits per heavy atom. The van der Waals surface area contributed by atoms with Crippen molar-refractivity contribution < 1.29 is 4.74 Å². The number of halogens is 1. The van der Waals surface area contributed by atoms with E-state index in [2.05, 4.69) is 20.5 Å². The lowest BCUT2D eigenvalue weighted by Gasteiger charge is -2.08. The van der Waals surface area contributed by atoms with Gasteiger partial charge in [-0.05, 0) is 24.6 Å². The van der Waals surface area contributed by atoms with Crippen LogP contribution in [0, 0.1) is 0 Å². The van der Waals surface area contributed by atoms with Crippen molar-refractivity contribution in [2.75, 3.05) is 19.1 Å². The summed E-state index contributed by atoms with van der Waals surface area (Å²) >= 11 is 5.91. The highest BCUT2D eigenvalue weighted by molar-refractivity contribution is 6.30. The Morgan fingerprint density at radius 1 is 1.33 bits per heavy atom. The molecule has 0 fully saturated rings. The summed E-state index contributed by atoms with van der Waals surface area (Å²) in [5.74, 6) is 0.335. The number of anilines is 1. The van der Waals surface area contributed by atoms with Gasteiger partial charge in [0.2, 0.25) is 5.95 Å². The Bertz CT molecular complexity index is 1110. The maximum absolute atomic E-state index is 12.3. The number of aromatic amines is 1. The molecule has 142 valence electrons. The first-order valence-electron chi connectivity index (χ1n) is 8.17. The number of nitrogens with zero attached hydrogens (tertiary/aromatic N) is 4. The van der Waals surface area contributed by atoms with Gasteiger partial charge < -0.3 is 9.30 Å². The van der Waals surface area contributed by atoms with E-state index in [1.807, 2.05) is 19.1 Å². The molecule has 0 saturated carbocycles. The Kier molecular flexibility index (Phi) is 5.43. The van der Waals surface area contributed by atoms with Gasteiger partial charge in [0.1, 0.15) is 0 Å². The molecule has 0 atom stereocenters. The van der Waals surface area contributed by atoms with Gasteiger partial charge in [-0.25, -0.2) is 10.2 Å². The van der Waals surface area contributed by atoms with Crippen LogP contribution in [0.25, 0.3) is 11.2 Å². The van der Waals surface area contributed by atoms with Crippen LogP contribution in [0.5, 0.6) is 0 Å². The number of imidazole rings is 1. The van der Waals surface area contributed by atoms with Gasteiger partial charge in [0, 0.05) is 25.7 Å². The molecule has 0 aliphatic heterocycles. The zero-order valence-corrected chi connectivity index (χ0v) is 15.9. The van der Waals surface area contributed by atoms with Crippen molar-refractivity contribution in [1.82, 2.24) is 19.1 Å². The summed E-state index contributed by atoms with van der Waals surface area (Å²) < 4.78 is 8.03. The van der Waals surface area contributed by atoms with Gasteiger partial charge in [-0.3, -0.25) is 14.3 Å². The van der Waals surface area contributed by atoms with Crippen molar-refractivity contribution >= 4 is 34.4 Å². The van der Waals surface area contributed by atoms with Crippen molar-refractivity contribution in [2.24, 2.45) is 12.1 Å². The first-order chi connectivity index (χ1) is 12.9. The van der Waals surface area contributed by atoms with E-state index < -0.39 is 11.2 Å². The minimum Gasteiger partial charge on any atom is -0.383 e. The third kappa shape index (κ3) is 3.79. The summed E-state index contributed by atoms with van der Waals surface area (Å²) in [6.07, 6.45) is 0. The van der Waals surface area contributed by atoms with Crippen molar-refractivity contribution in [1.29, 1.82) is 0 Å². The number of hydrogen-bond acceptors (Lipinski definition) is 6. The largest absolute Gasteiger partial charge is 0.383 e. The lowest BCUT2D eigenvalue weighted by Crippen LogP contribution is -2.29. The van der Waals surface area contributed by atoms with E-state index in [4.69, 9.17) is 16.3 Å². The fraction of sp³-hybridized carbons (Fsp3) is 0.294. The van der Waals surface area contributed by atoms with E-state index in [1.54, 1.807) is 30.9 Å². The molecule has 2 heterocycles. The monoisotopic (exact) mass is 390 g/mol. The molecule has 3 aromatic rings. The molecule has 9 nitrogen and oxygen atoms in total. The number of hydrazone groups is 1. The quantitative estimate of drug-likeness (QED) is 0.490. The zero-order chi connectivity index (χ0) is 19.6. The standard InChI is InChI=1S/C17H19ClN6O3/c1-10(11-4-6-12(18)7-5-11)21-22-16-19-14-13(24(16)8-9-27-3)15(25)20-17(26)23(14)2/h4-7H,8-9H2,1-3H3,(H,19,22)(H,20,25,26). The number of fused-ring (bicyclic) bond motifs is 1. The molecule has 3 rings (SSSR count). The summed E-state index contributed by atoms with van der Waals surface area (Å²) in [7, 11) is 3.11. The highest BCUT2D eigenvalue weighted by Gasteiger charge is 2.17. The number of nitrogens with one attached hydrogen (secondary N) is 2. The fourth-order valence-corrected chi connectivity index (χ4v) is 2.74. The smallest absolute Gasteiger partial charge is 0.329 e. The molecule has 2 aromatic heterocycles. The average molecular weight is 391 g/mol. The molecule has 0 radical (unpaired) electrons. The lowest BCUT2D eigenvalue weighted by molar-refractivity contribution is 0.188. The molecular formula is C17H19ClN6O3. The normalized spacial score (nSPS) is 11.9. The van der Waals surface area contributed by atoms with Crippen molar-refractivity contribution in [2.45, 2.75) is 13.5 Å². The number of aromatic nitrogens is 4. The van der Waals surface area contributed by atoms with Crippen molar-refractivity contribution in [3.63, 3.8) is 0 Å². The summed E-state index contributed by atoms with van der Waals surface area (Å²) in [5.41, 5.74) is 3.97. The minimum absolute atomic E-state index is 0.265. The molecule has 27 heavy (non-hydrogen) atoms. The second kappa shape index (κ2) is 7.77. The van der Waals surface area contributed by atoms with E-state index in [1.165, 1.54) is 4.57 Å². The van der Waals surface area contributed by atoms with Crippen LogP contribution >= 0.6 is 11.6 Å². The number of methoxy groups -OCH3 is 1. The summed E-state index contributed by atoms with van der Waals surface area (Å²) in [4.78, 5) is 30.8. The van der Waals surface area contributed by atoms with Crippen LogP contribution in [0.1, 0.15) is 12.5 Å². The number of hydrogen-bond donors (Lipinski definition) is 2. The van der Waals surface area contributed by atoms with E-state index in [0.29, 0.717) is 29.8 Å². The van der Waals surface area contributed by atoms with E-state index in [-0.39, 0.29) is 11.2 Å². The van der Waals surface area contributed by atoms with E-state index in [0.717, 1.165) is 5.56 Å². The molecular weight excluding hydrogens is 372 g/mol. The molecule has 0 amide bonds. The van der Waals surface area contributed by atoms with Gasteiger partial charge in [0.15, 0.2) is 11.2 Å². The summed E-state index contributed by atoms with van der Waals surface area (Å²) in [5, 5.41) is 4.98. The first-order valence-corrected chi connectivity index (χ1v) is 8.55. The Labute approximate surface area is 159 Å². The molecule has 0 aliphatic carbocycles. The summed E-state index contributed by atoms with van der Waals surface area (Å²) in [6.45, 7) is 2.56. The Balaban J connectivity index is 2.05. The van der Waals surface area contributed by atoms with E-state index >= 15 is 0 Å². The minimum atomic E-state index is -0.531. The predicted molar refractivity (Wildman–Crippen MR) is 105 cm³/mol. The molecule has 0 spiro atoms. The second-order valence-electron chi connectivity index (χ2n) is 5.89. The maximum Gasteiger partial charge on any atom is 0.329 e. The summed E-state index contributed by atoms with van der Waals surface area (Å²) in [6, 6.07) is 7.26. The van der Waals surface area contributed by atoms with Crippen molar-refractivity contribution in [3.8, 4) is 0 Å². The third-order valence-electron chi connectivity index (χ3n) is 4.11. The van der Waals surface area contributed by atoms with Gasteiger partial charge in [0.25, 0.3) is 5.56 Å². The molecule has 1 aromatic carbocycles. The van der Waals surface area contributed by atoms with Crippen LogP contribution in [0.15, 0.2) is 39.0 Å². The second-order valence-corrected chi connectivity index (χ2v) is 6.32. The molecule has 2 N–H and O–H groups in total. The first kappa shape index (κ1) is 18.9. The Hall–Kier alpha value is -2.91. The number of ether oxygens (including phenoxy) is 1. The van der Waals surface area contributed by atoms with Crippen LogP contribution in [0.4, 0.5) is 5.95 Å². The molecule has 10 heteroatoms. The highest BCUT2D eigenvalue weighted by atomic mass is 35.5. The number of rotatable bonds is 6. The van der Waals surface area contributed by atoms with E-state index in [9.17, 15) is 9.59 Å². The predicted octanol–water partition coefficient (Wildman–Crippen LogP) is 1.56. The molecule has 0 bridgehead atoms. The van der Waals surface area contributed by atoms with Gasteiger partial charge >= 0.3 is 5.69 Å². The average Bonchev–Trinajstić information content (AvgIpc) is 3.02. The number of H-pyrrole nitrogens is 1. The number of aryl methyl sites for hydroxylation is 1. The van der Waals surface area contributed by atoms with Crippen LogP contribution in [-0.4, -0.2) is 38.5 Å². The van der Waals surface area contributed by atoms with Gasteiger partial charge in [-0.2, -0.15) is 10.1 Å². The SMILES string of the molecule is COCCn1c(NN=C(C)c2ccc(Cl)cc2)nc2c1c(=O)[nH]c(=O)n2C.